The number of alkyl halides is 1. The number of benzene rings is 2. The molecule has 3 N–H and O–H groups in total. The fourth-order valence-electron chi connectivity index (χ4n) is 4.29. The summed E-state index contributed by atoms with van der Waals surface area (Å²) in [6.07, 6.45) is 3.21. The van der Waals surface area contributed by atoms with E-state index in [1.165, 1.54) is 11.2 Å². The average Bonchev–Trinajstić information content (AvgIpc) is 2.94. The minimum absolute atomic E-state index is 0.00470. The number of nitrogens with one attached hydrogen (secondary N) is 1. The number of hydrogen-bond donors (Lipinski definition) is 2. The first-order valence-electron chi connectivity index (χ1n) is 12.7. The third kappa shape index (κ3) is 7.09. The maximum atomic E-state index is 15.7. The summed E-state index contributed by atoms with van der Waals surface area (Å²) >= 11 is 0. The van der Waals surface area contributed by atoms with Crippen LogP contribution in [0.15, 0.2) is 72.6 Å². The highest BCUT2D eigenvalue weighted by molar-refractivity contribution is 5.97. The molecule has 1 saturated heterocycles. The number of piperidine rings is 1. The van der Waals surface area contributed by atoms with E-state index in [0.717, 1.165) is 11.3 Å². The molecule has 39 heavy (non-hydrogen) atoms. The van der Waals surface area contributed by atoms with Gasteiger partial charge >= 0.3 is 0 Å². The molecule has 1 aliphatic heterocycles. The molecule has 0 atom stereocenters. The van der Waals surface area contributed by atoms with Gasteiger partial charge < -0.3 is 25.6 Å². The number of hydrogen-bond acceptors (Lipinski definition) is 8. The maximum absolute atomic E-state index is 15.7. The summed E-state index contributed by atoms with van der Waals surface area (Å²) in [5.74, 6) is 1.72. The molecule has 9 nitrogen and oxygen atoms in total. The molecule has 0 aliphatic carbocycles. The summed E-state index contributed by atoms with van der Waals surface area (Å²) in [4.78, 5) is 24.6. The summed E-state index contributed by atoms with van der Waals surface area (Å²) in [7, 11) is 3.71. The Hall–Kier alpha value is -4.49. The minimum atomic E-state index is -1.55. The van der Waals surface area contributed by atoms with Gasteiger partial charge in [-0.2, -0.15) is 5.26 Å². The van der Waals surface area contributed by atoms with Crippen molar-refractivity contribution in [3.05, 3.63) is 72.6 Å². The predicted molar refractivity (Wildman–Crippen MR) is 149 cm³/mol. The number of nitrogen functional groups attached to an aromatic ring is 1. The van der Waals surface area contributed by atoms with E-state index in [9.17, 15) is 10.1 Å². The molecule has 0 saturated carbocycles. The van der Waals surface area contributed by atoms with Crippen LogP contribution in [0.25, 0.3) is 11.1 Å². The largest absolute Gasteiger partial charge is 0.457 e. The highest BCUT2D eigenvalue weighted by Crippen LogP contribution is 2.34. The van der Waals surface area contributed by atoms with Gasteiger partial charge in [-0.25, -0.2) is 14.4 Å². The summed E-state index contributed by atoms with van der Waals surface area (Å²) in [5.41, 5.74) is 6.06. The predicted octanol–water partition coefficient (Wildman–Crippen LogP) is 4.27. The van der Waals surface area contributed by atoms with E-state index in [1.807, 2.05) is 79.7 Å². The molecule has 4 rings (SSSR count). The first kappa shape index (κ1) is 27.5. The van der Waals surface area contributed by atoms with Crippen LogP contribution in [-0.4, -0.2) is 71.6 Å². The van der Waals surface area contributed by atoms with Gasteiger partial charge in [0.15, 0.2) is 0 Å². The summed E-state index contributed by atoms with van der Waals surface area (Å²) in [5, 5.41) is 12.5. The molecule has 3 aromatic rings. The van der Waals surface area contributed by atoms with E-state index in [0.29, 0.717) is 23.7 Å². The zero-order valence-corrected chi connectivity index (χ0v) is 22.1. The lowest BCUT2D eigenvalue weighted by Gasteiger charge is -2.36. The molecular weight excluding hydrogens is 497 g/mol. The Morgan fingerprint density at radius 1 is 1.15 bits per heavy atom. The van der Waals surface area contributed by atoms with Gasteiger partial charge in [-0.15, -0.1) is 0 Å². The molecular formula is C29H32FN7O2. The van der Waals surface area contributed by atoms with Crippen LogP contribution in [0.2, 0.25) is 0 Å². The van der Waals surface area contributed by atoms with Gasteiger partial charge in [-0.3, -0.25) is 4.79 Å². The Morgan fingerprint density at radius 2 is 1.82 bits per heavy atom. The van der Waals surface area contributed by atoms with E-state index in [4.69, 9.17) is 10.5 Å². The van der Waals surface area contributed by atoms with Gasteiger partial charge in [-0.1, -0.05) is 30.3 Å². The topological polar surface area (TPSA) is 120 Å². The number of halogens is 1. The number of likely N-dealkylation sites (N-methyl/N-ethyl adjacent to an activating group) is 1. The second kappa shape index (κ2) is 12.4. The molecule has 1 aromatic heterocycles. The van der Waals surface area contributed by atoms with E-state index in [1.54, 1.807) is 6.08 Å². The van der Waals surface area contributed by atoms with Crippen molar-refractivity contribution in [1.29, 1.82) is 5.26 Å². The van der Waals surface area contributed by atoms with E-state index >= 15 is 4.39 Å². The molecule has 1 aliphatic rings. The average molecular weight is 530 g/mol. The lowest BCUT2D eigenvalue weighted by molar-refractivity contribution is -0.129. The molecule has 0 spiro atoms. The molecule has 2 aromatic carbocycles. The number of carbonyl (C=O) groups is 1. The van der Waals surface area contributed by atoms with Crippen LogP contribution in [0.3, 0.4) is 0 Å². The van der Waals surface area contributed by atoms with Crippen LogP contribution in [0.1, 0.15) is 12.8 Å². The van der Waals surface area contributed by atoms with Gasteiger partial charge in [0, 0.05) is 32.5 Å². The molecule has 0 unspecified atom stereocenters. The monoisotopic (exact) mass is 529 g/mol. The summed E-state index contributed by atoms with van der Waals surface area (Å²) in [6.45, 7) is 0.918. The van der Waals surface area contributed by atoms with Crippen molar-refractivity contribution in [3.63, 3.8) is 0 Å². The van der Waals surface area contributed by atoms with Crippen molar-refractivity contribution in [1.82, 2.24) is 19.8 Å². The number of nitrogens with zero attached hydrogens (tertiary/aromatic N) is 5. The quantitative estimate of drug-likeness (QED) is 0.311. The molecule has 0 bridgehead atoms. The lowest BCUT2D eigenvalue weighted by Crippen LogP contribution is -2.48. The maximum Gasteiger partial charge on any atom is 0.264 e. The van der Waals surface area contributed by atoms with Crippen LogP contribution < -0.4 is 15.8 Å². The minimum Gasteiger partial charge on any atom is -0.457 e. The van der Waals surface area contributed by atoms with Gasteiger partial charge in [0.25, 0.3) is 5.91 Å². The zero-order chi connectivity index (χ0) is 27.8. The second-order valence-corrected chi connectivity index (χ2v) is 9.71. The van der Waals surface area contributed by atoms with Crippen molar-refractivity contribution in [2.45, 2.75) is 18.5 Å². The number of nitriles is 1. The first-order valence-corrected chi connectivity index (χ1v) is 12.7. The van der Waals surface area contributed by atoms with Crippen LogP contribution >= 0.6 is 0 Å². The van der Waals surface area contributed by atoms with Gasteiger partial charge in [0.2, 0.25) is 0 Å². The van der Waals surface area contributed by atoms with Gasteiger partial charge in [0.1, 0.15) is 46.8 Å². The van der Waals surface area contributed by atoms with Crippen molar-refractivity contribution in [3.8, 4) is 28.7 Å². The fraction of sp³-hybridized carbons (Fsp3) is 0.310. The van der Waals surface area contributed by atoms with Gasteiger partial charge in [-0.05, 0) is 50.0 Å². The standard InChI is InChI=1S/C29H32FN7O2/c1-36(2)15-12-22(18-31)28(38)37-16-13-29(30,14-17-37)19-33-27-25(26(32)34-20-35-27)21-8-10-24(11-9-21)39-23-6-4-3-5-7-23/h3-12,20H,13-17,19H2,1-2H3,(H3,32,33,34,35)/b22-12+. The number of aromatic nitrogens is 2. The SMILES string of the molecule is CN(C)C/C=C(\C#N)C(=O)N1CCC(F)(CNc2ncnc(N)c2-c2ccc(Oc3ccccc3)cc2)CC1. The highest BCUT2D eigenvalue weighted by Gasteiger charge is 2.36. The molecule has 1 fully saturated rings. The van der Waals surface area contributed by atoms with Crippen LogP contribution in [0, 0.1) is 11.3 Å². The number of ether oxygens (including phenoxy) is 1. The van der Waals surface area contributed by atoms with Crippen LogP contribution in [0.4, 0.5) is 16.0 Å². The van der Waals surface area contributed by atoms with E-state index in [2.05, 4.69) is 15.3 Å². The number of anilines is 2. The Morgan fingerprint density at radius 3 is 2.46 bits per heavy atom. The lowest BCUT2D eigenvalue weighted by atomic mass is 9.92. The van der Waals surface area contributed by atoms with Crippen molar-refractivity contribution in [2.24, 2.45) is 0 Å². The first-order chi connectivity index (χ1) is 18.8. The molecule has 202 valence electrons. The molecule has 1 amide bonds. The number of likely N-dealkylation sites (tertiary alicyclic amines) is 1. The van der Waals surface area contributed by atoms with Crippen LogP contribution in [-0.2, 0) is 4.79 Å². The van der Waals surface area contributed by atoms with Crippen molar-refractivity contribution < 1.29 is 13.9 Å². The molecule has 2 heterocycles. The second-order valence-electron chi connectivity index (χ2n) is 9.71. The van der Waals surface area contributed by atoms with E-state index in [-0.39, 0.29) is 49.8 Å². The Balaban J connectivity index is 1.40. The molecule has 10 heteroatoms. The molecule has 0 radical (unpaired) electrons. The van der Waals surface area contributed by atoms with E-state index < -0.39 is 5.67 Å². The third-order valence-corrected chi connectivity index (χ3v) is 6.53. The Bertz CT molecular complexity index is 1350. The highest BCUT2D eigenvalue weighted by atomic mass is 19.1. The number of carbonyl (C=O) groups excluding carboxylic acids is 1. The van der Waals surface area contributed by atoms with Crippen molar-refractivity contribution >= 4 is 17.5 Å². The van der Waals surface area contributed by atoms with Crippen LogP contribution in [0.5, 0.6) is 11.5 Å². The Labute approximate surface area is 227 Å². The smallest absolute Gasteiger partial charge is 0.264 e. The Kier molecular flexibility index (Phi) is 8.74. The normalized spacial score (nSPS) is 15.1. The number of para-hydroxylation sites is 1. The zero-order valence-electron chi connectivity index (χ0n) is 22.1. The number of rotatable bonds is 9. The van der Waals surface area contributed by atoms with Gasteiger partial charge in [0.05, 0.1) is 12.1 Å². The fourth-order valence-corrected chi connectivity index (χ4v) is 4.29. The third-order valence-electron chi connectivity index (χ3n) is 6.53. The summed E-state index contributed by atoms with van der Waals surface area (Å²) < 4.78 is 21.6. The number of amides is 1. The summed E-state index contributed by atoms with van der Waals surface area (Å²) in [6, 6.07) is 18.8. The van der Waals surface area contributed by atoms with Crippen molar-refractivity contribution in [2.75, 3.05) is 51.3 Å². The number of nitrogens with two attached hydrogens (primary N) is 1.